The first-order chi connectivity index (χ1) is 9.49. The molecular weight excluding hydrogens is 254 g/mol. The lowest BCUT2D eigenvalue weighted by Crippen LogP contribution is -2.31. The maximum Gasteiger partial charge on any atom is 0.241 e. The lowest BCUT2D eigenvalue weighted by atomic mass is 10.2. The van der Waals surface area contributed by atoms with Crippen LogP contribution in [0.25, 0.3) is 0 Å². The van der Waals surface area contributed by atoms with E-state index >= 15 is 0 Å². The van der Waals surface area contributed by atoms with Gasteiger partial charge in [0.15, 0.2) is 0 Å². The second-order valence-corrected chi connectivity index (χ2v) is 5.00. The van der Waals surface area contributed by atoms with Crippen LogP contribution in [-0.2, 0) is 17.9 Å². The van der Waals surface area contributed by atoms with E-state index in [9.17, 15) is 4.79 Å². The minimum absolute atomic E-state index is 0.0274. The number of rotatable bonds is 5. The Hall–Kier alpha value is -2.11. The summed E-state index contributed by atoms with van der Waals surface area (Å²) < 4.78 is 3.62. The highest BCUT2D eigenvalue weighted by molar-refractivity contribution is 5.75. The van der Waals surface area contributed by atoms with Gasteiger partial charge in [0.2, 0.25) is 5.91 Å². The molecule has 0 atom stereocenters. The van der Waals surface area contributed by atoms with Crippen molar-refractivity contribution in [3.8, 4) is 0 Å². The molecule has 0 saturated carbocycles. The molecule has 0 spiro atoms. The maximum absolute atomic E-state index is 11.9. The highest BCUT2D eigenvalue weighted by Crippen LogP contribution is 2.10. The van der Waals surface area contributed by atoms with Crippen molar-refractivity contribution >= 4 is 5.91 Å². The van der Waals surface area contributed by atoms with E-state index in [1.165, 1.54) is 0 Å². The average molecular weight is 275 g/mol. The van der Waals surface area contributed by atoms with Gasteiger partial charge in [-0.05, 0) is 39.3 Å². The van der Waals surface area contributed by atoms with Crippen LogP contribution in [0.4, 0.5) is 0 Å². The van der Waals surface area contributed by atoms with Gasteiger partial charge in [-0.2, -0.15) is 10.2 Å². The largest absolute Gasteiger partial charge is 0.353 e. The third-order valence-electron chi connectivity index (χ3n) is 3.61. The molecular formula is C14H21N5O. The average Bonchev–Trinajstić information content (AvgIpc) is 2.90. The summed E-state index contributed by atoms with van der Waals surface area (Å²) >= 11 is 0. The molecule has 0 aromatic carbocycles. The molecule has 2 rings (SSSR count). The molecule has 2 heterocycles. The molecule has 0 aliphatic heterocycles. The highest BCUT2D eigenvalue weighted by atomic mass is 16.2. The molecule has 6 heteroatoms. The van der Waals surface area contributed by atoms with Crippen LogP contribution in [0.1, 0.15) is 22.6 Å². The third kappa shape index (κ3) is 3.07. The van der Waals surface area contributed by atoms with E-state index in [-0.39, 0.29) is 12.5 Å². The van der Waals surface area contributed by atoms with Crippen LogP contribution in [0.5, 0.6) is 0 Å². The maximum atomic E-state index is 11.9. The molecule has 0 saturated heterocycles. The number of hydrogen-bond acceptors (Lipinski definition) is 3. The van der Waals surface area contributed by atoms with Crippen LogP contribution in [0.2, 0.25) is 0 Å². The van der Waals surface area contributed by atoms with E-state index in [2.05, 4.69) is 15.5 Å². The number of carbonyl (C=O) groups excluding carboxylic acids is 1. The van der Waals surface area contributed by atoms with E-state index in [1.807, 2.05) is 38.4 Å². The molecule has 1 N–H and O–H groups in total. The Morgan fingerprint density at radius 2 is 2.00 bits per heavy atom. The number of hydrogen-bond donors (Lipinski definition) is 1. The monoisotopic (exact) mass is 275 g/mol. The molecule has 0 radical (unpaired) electrons. The Bertz CT molecular complexity index is 611. The lowest BCUT2D eigenvalue weighted by Gasteiger charge is -2.08. The molecule has 0 fully saturated rings. The second kappa shape index (κ2) is 5.90. The summed E-state index contributed by atoms with van der Waals surface area (Å²) in [6.07, 6.45) is 1.76. The minimum atomic E-state index is -0.0274. The molecule has 20 heavy (non-hydrogen) atoms. The van der Waals surface area contributed by atoms with Crippen molar-refractivity contribution in [2.45, 2.75) is 40.8 Å². The summed E-state index contributed by atoms with van der Waals surface area (Å²) in [5, 5.41) is 11.4. The molecule has 0 aliphatic rings. The lowest BCUT2D eigenvalue weighted by molar-refractivity contribution is -0.121. The van der Waals surface area contributed by atoms with Crippen LogP contribution in [0.15, 0.2) is 12.3 Å². The van der Waals surface area contributed by atoms with E-state index in [0.717, 1.165) is 22.6 Å². The first-order valence-electron chi connectivity index (χ1n) is 6.74. The third-order valence-corrected chi connectivity index (χ3v) is 3.61. The van der Waals surface area contributed by atoms with Crippen molar-refractivity contribution in [3.05, 3.63) is 34.9 Å². The molecule has 108 valence electrons. The molecule has 6 nitrogen and oxygen atoms in total. The normalized spacial score (nSPS) is 10.8. The van der Waals surface area contributed by atoms with Crippen molar-refractivity contribution < 1.29 is 4.79 Å². The summed E-state index contributed by atoms with van der Waals surface area (Å²) in [6, 6.07) is 1.94. The number of carbonyl (C=O) groups is 1. The predicted octanol–water partition coefficient (Wildman–Crippen LogP) is 1.13. The molecule has 0 aliphatic carbocycles. The minimum Gasteiger partial charge on any atom is -0.353 e. The number of aryl methyl sites for hydroxylation is 2. The van der Waals surface area contributed by atoms with Gasteiger partial charge in [0, 0.05) is 24.1 Å². The summed E-state index contributed by atoms with van der Waals surface area (Å²) in [4.78, 5) is 11.9. The van der Waals surface area contributed by atoms with Gasteiger partial charge in [-0.1, -0.05) is 0 Å². The number of nitrogens with one attached hydrogen (secondary N) is 1. The van der Waals surface area contributed by atoms with Gasteiger partial charge >= 0.3 is 0 Å². The Balaban J connectivity index is 1.84. The topological polar surface area (TPSA) is 64.7 Å². The molecule has 2 aromatic rings. The smallest absolute Gasteiger partial charge is 0.241 e. The zero-order chi connectivity index (χ0) is 14.7. The van der Waals surface area contributed by atoms with E-state index in [1.54, 1.807) is 10.9 Å². The Kier molecular flexibility index (Phi) is 4.22. The Morgan fingerprint density at radius 1 is 1.25 bits per heavy atom. The van der Waals surface area contributed by atoms with Gasteiger partial charge in [0.05, 0.1) is 12.2 Å². The SMILES string of the molecule is Cc1nn(CC(=O)NCCn2nccc2C)c(C)c1C. The van der Waals surface area contributed by atoms with Crippen LogP contribution >= 0.6 is 0 Å². The summed E-state index contributed by atoms with van der Waals surface area (Å²) in [5.41, 5.74) is 4.25. The van der Waals surface area contributed by atoms with Crippen LogP contribution in [-0.4, -0.2) is 32.0 Å². The van der Waals surface area contributed by atoms with Crippen molar-refractivity contribution in [1.82, 2.24) is 24.9 Å². The van der Waals surface area contributed by atoms with Gasteiger partial charge in [-0.25, -0.2) is 0 Å². The van der Waals surface area contributed by atoms with Crippen LogP contribution < -0.4 is 5.32 Å². The van der Waals surface area contributed by atoms with Crippen molar-refractivity contribution in [1.29, 1.82) is 0 Å². The van der Waals surface area contributed by atoms with Crippen LogP contribution in [0, 0.1) is 27.7 Å². The van der Waals surface area contributed by atoms with Gasteiger partial charge in [0.25, 0.3) is 0 Å². The predicted molar refractivity (Wildman–Crippen MR) is 76.4 cm³/mol. The second-order valence-electron chi connectivity index (χ2n) is 5.00. The number of nitrogens with zero attached hydrogens (tertiary/aromatic N) is 4. The molecule has 1 amide bonds. The Morgan fingerprint density at radius 3 is 2.55 bits per heavy atom. The fourth-order valence-corrected chi connectivity index (χ4v) is 2.07. The van der Waals surface area contributed by atoms with Crippen molar-refractivity contribution in [2.24, 2.45) is 0 Å². The molecule has 0 unspecified atom stereocenters. The van der Waals surface area contributed by atoms with E-state index in [0.29, 0.717) is 13.1 Å². The highest BCUT2D eigenvalue weighted by Gasteiger charge is 2.10. The first kappa shape index (κ1) is 14.3. The van der Waals surface area contributed by atoms with E-state index < -0.39 is 0 Å². The summed E-state index contributed by atoms with van der Waals surface area (Å²) in [6.45, 7) is 9.46. The summed E-state index contributed by atoms with van der Waals surface area (Å²) in [7, 11) is 0. The quantitative estimate of drug-likeness (QED) is 0.889. The number of aromatic nitrogens is 4. The van der Waals surface area contributed by atoms with Gasteiger partial charge in [-0.3, -0.25) is 14.2 Å². The van der Waals surface area contributed by atoms with Crippen molar-refractivity contribution in [2.75, 3.05) is 6.54 Å². The first-order valence-corrected chi connectivity index (χ1v) is 6.74. The number of amides is 1. The summed E-state index contributed by atoms with van der Waals surface area (Å²) in [5.74, 6) is -0.0274. The van der Waals surface area contributed by atoms with Gasteiger partial charge < -0.3 is 5.32 Å². The van der Waals surface area contributed by atoms with E-state index in [4.69, 9.17) is 0 Å². The Labute approximate surface area is 118 Å². The fourth-order valence-electron chi connectivity index (χ4n) is 2.07. The van der Waals surface area contributed by atoms with Crippen LogP contribution in [0.3, 0.4) is 0 Å². The molecule has 2 aromatic heterocycles. The fraction of sp³-hybridized carbons (Fsp3) is 0.500. The zero-order valence-electron chi connectivity index (χ0n) is 12.5. The standard InChI is InChI=1S/C14H21N5O/c1-10-5-6-16-18(10)8-7-15-14(20)9-19-13(4)11(2)12(3)17-19/h5-6H,7-9H2,1-4H3,(H,15,20). The van der Waals surface area contributed by atoms with Gasteiger partial charge in [-0.15, -0.1) is 0 Å². The molecule has 0 bridgehead atoms. The zero-order valence-corrected chi connectivity index (χ0v) is 12.5. The van der Waals surface area contributed by atoms with Crippen molar-refractivity contribution in [3.63, 3.8) is 0 Å². The van der Waals surface area contributed by atoms with Gasteiger partial charge in [0.1, 0.15) is 6.54 Å².